The van der Waals surface area contributed by atoms with Crippen molar-refractivity contribution in [3.05, 3.63) is 63.8 Å². The van der Waals surface area contributed by atoms with Gasteiger partial charge in [0.1, 0.15) is 12.2 Å². The first kappa shape index (κ1) is 18.0. The number of Topliss-reactive ketones (excluding diaryl/α,β-unsaturated/α-hetero) is 1. The Morgan fingerprint density at radius 2 is 1.92 bits per heavy atom. The van der Waals surface area contributed by atoms with E-state index in [4.69, 9.17) is 23.2 Å². The fraction of sp³-hybridized carbons (Fsp3) is 0.0556. The van der Waals surface area contributed by atoms with Crippen molar-refractivity contribution in [3.63, 3.8) is 0 Å². The van der Waals surface area contributed by atoms with Crippen molar-refractivity contribution in [2.45, 2.75) is 0 Å². The molecule has 0 saturated heterocycles. The third-order valence-corrected chi connectivity index (χ3v) is 4.11. The van der Waals surface area contributed by atoms with Crippen LogP contribution in [0.2, 0.25) is 10.0 Å². The van der Waals surface area contributed by atoms with Crippen LogP contribution in [0.3, 0.4) is 0 Å². The van der Waals surface area contributed by atoms with Gasteiger partial charge in [-0.15, -0.1) is 0 Å². The first-order chi connectivity index (χ1) is 12.4. The largest absolute Gasteiger partial charge is 0.504 e. The van der Waals surface area contributed by atoms with Crippen molar-refractivity contribution in [1.29, 1.82) is 0 Å². The Kier molecular flexibility index (Phi) is 5.25. The zero-order valence-electron chi connectivity index (χ0n) is 13.3. The van der Waals surface area contributed by atoms with Gasteiger partial charge in [0.15, 0.2) is 11.5 Å². The first-order valence-electron chi connectivity index (χ1n) is 7.50. The molecular formula is C18H13Cl2N3O3. The highest BCUT2D eigenvalue weighted by molar-refractivity contribution is 6.36. The number of phenols is 2. The summed E-state index contributed by atoms with van der Waals surface area (Å²) in [6, 6.07) is 10.9. The minimum Gasteiger partial charge on any atom is -0.504 e. The molecule has 3 aromatic rings. The number of halogens is 2. The van der Waals surface area contributed by atoms with Gasteiger partial charge in [-0.05, 0) is 48.0 Å². The second-order valence-corrected chi connectivity index (χ2v) is 6.28. The summed E-state index contributed by atoms with van der Waals surface area (Å²) in [6.45, 7) is -0.0996. The Bertz CT molecular complexity index is 999. The number of hydrogen-bond acceptors (Lipinski definition) is 5. The Morgan fingerprint density at radius 3 is 2.65 bits per heavy atom. The summed E-state index contributed by atoms with van der Waals surface area (Å²) < 4.78 is 0. The van der Waals surface area contributed by atoms with E-state index in [-0.39, 0.29) is 23.8 Å². The van der Waals surface area contributed by atoms with Crippen LogP contribution in [-0.4, -0.2) is 39.0 Å². The number of nitrogens with one attached hydrogen (secondary N) is 1. The van der Waals surface area contributed by atoms with Crippen LogP contribution in [0.1, 0.15) is 16.1 Å². The molecule has 2 aromatic carbocycles. The molecule has 0 saturated carbocycles. The number of benzene rings is 2. The monoisotopic (exact) mass is 389 g/mol. The molecule has 6 nitrogen and oxygen atoms in total. The Labute approximate surface area is 158 Å². The topological polar surface area (TPSA) is 98.6 Å². The Balaban J connectivity index is 1.70. The molecule has 132 valence electrons. The van der Waals surface area contributed by atoms with E-state index in [1.807, 2.05) is 0 Å². The maximum Gasteiger partial charge on any atom is 0.201 e. The van der Waals surface area contributed by atoms with Crippen molar-refractivity contribution in [2.75, 3.05) is 6.54 Å². The molecule has 0 aliphatic heterocycles. The number of nitrogens with zero attached hydrogens (tertiary/aromatic N) is 2. The summed E-state index contributed by atoms with van der Waals surface area (Å²) in [5, 5.41) is 26.4. The SMILES string of the molecule is O=C(CN=Cc1ccc(O)c(O)c1)c1cc(-c2ccc(Cl)cc2Cl)n[nH]1. The minimum atomic E-state index is -0.256. The van der Waals surface area contributed by atoms with E-state index in [9.17, 15) is 15.0 Å². The highest BCUT2D eigenvalue weighted by Gasteiger charge is 2.12. The van der Waals surface area contributed by atoms with Gasteiger partial charge in [0.25, 0.3) is 0 Å². The van der Waals surface area contributed by atoms with Gasteiger partial charge >= 0.3 is 0 Å². The third kappa shape index (κ3) is 4.04. The molecule has 0 aliphatic carbocycles. The lowest BCUT2D eigenvalue weighted by molar-refractivity contribution is 0.0997. The predicted molar refractivity (Wildman–Crippen MR) is 101 cm³/mol. The average Bonchev–Trinajstić information content (AvgIpc) is 3.08. The second-order valence-electron chi connectivity index (χ2n) is 5.43. The quantitative estimate of drug-likeness (QED) is 0.347. The van der Waals surface area contributed by atoms with E-state index in [1.165, 1.54) is 18.3 Å². The van der Waals surface area contributed by atoms with Gasteiger partial charge in [0, 0.05) is 16.8 Å². The smallest absolute Gasteiger partial charge is 0.201 e. The summed E-state index contributed by atoms with van der Waals surface area (Å²) in [7, 11) is 0. The van der Waals surface area contributed by atoms with E-state index >= 15 is 0 Å². The van der Waals surface area contributed by atoms with E-state index in [1.54, 1.807) is 30.3 Å². The van der Waals surface area contributed by atoms with Crippen molar-refractivity contribution in [3.8, 4) is 22.8 Å². The fourth-order valence-corrected chi connectivity index (χ4v) is 2.74. The molecule has 0 amide bonds. The molecule has 3 rings (SSSR count). The van der Waals surface area contributed by atoms with Crippen LogP contribution in [0.4, 0.5) is 0 Å². The van der Waals surface area contributed by atoms with E-state index in [2.05, 4.69) is 15.2 Å². The Hall–Kier alpha value is -2.83. The number of rotatable bonds is 5. The zero-order chi connectivity index (χ0) is 18.7. The summed E-state index contributed by atoms with van der Waals surface area (Å²) in [5.41, 5.74) is 2.06. The number of aromatic amines is 1. The number of aromatic nitrogens is 2. The molecule has 26 heavy (non-hydrogen) atoms. The molecular weight excluding hydrogens is 377 g/mol. The second kappa shape index (κ2) is 7.59. The van der Waals surface area contributed by atoms with Crippen molar-refractivity contribution in [2.24, 2.45) is 4.99 Å². The van der Waals surface area contributed by atoms with Crippen LogP contribution in [0.25, 0.3) is 11.3 Å². The number of aliphatic imine (C=N–C) groups is 1. The molecule has 0 fully saturated rings. The van der Waals surface area contributed by atoms with E-state index in [0.717, 1.165) is 0 Å². The molecule has 0 spiro atoms. The highest BCUT2D eigenvalue weighted by Crippen LogP contribution is 2.29. The van der Waals surface area contributed by atoms with Gasteiger partial charge in [-0.2, -0.15) is 5.10 Å². The van der Waals surface area contributed by atoms with Gasteiger partial charge in [0.05, 0.1) is 10.7 Å². The molecule has 1 aromatic heterocycles. The molecule has 0 bridgehead atoms. The molecule has 0 atom stereocenters. The predicted octanol–water partition coefficient (Wildman–Crippen LogP) is 4.10. The summed E-state index contributed by atoms with van der Waals surface area (Å²) in [5.74, 6) is -0.726. The lowest BCUT2D eigenvalue weighted by Gasteiger charge is -2.00. The molecule has 1 heterocycles. The number of aromatic hydroxyl groups is 2. The normalized spacial score (nSPS) is 11.2. The summed E-state index contributed by atoms with van der Waals surface area (Å²) >= 11 is 12.0. The van der Waals surface area contributed by atoms with Crippen LogP contribution in [0.5, 0.6) is 11.5 Å². The molecule has 8 heteroatoms. The standard InChI is InChI=1S/C18H13Cl2N3O3/c19-11-2-3-12(13(20)6-11)14-7-15(23-22-14)18(26)9-21-8-10-1-4-16(24)17(25)5-10/h1-8,24-25H,9H2,(H,22,23). The first-order valence-corrected chi connectivity index (χ1v) is 8.25. The maximum atomic E-state index is 12.2. The number of carbonyl (C=O) groups is 1. The number of hydrogen-bond donors (Lipinski definition) is 3. The third-order valence-electron chi connectivity index (χ3n) is 3.56. The number of ketones is 1. The van der Waals surface area contributed by atoms with Gasteiger partial charge in [-0.25, -0.2) is 0 Å². The van der Waals surface area contributed by atoms with E-state index in [0.29, 0.717) is 32.6 Å². The number of phenolic OH excluding ortho intramolecular Hbond substituents is 2. The lowest BCUT2D eigenvalue weighted by Crippen LogP contribution is -2.04. The summed E-state index contributed by atoms with van der Waals surface area (Å²) in [6.07, 6.45) is 1.43. The lowest BCUT2D eigenvalue weighted by atomic mass is 10.1. The van der Waals surface area contributed by atoms with Crippen LogP contribution in [0, 0.1) is 0 Å². The van der Waals surface area contributed by atoms with Gasteiger partial charge < -0.3 is 10.2 Å². The van der Waals surface area contributed by atoms with Crippen molar-refractivity contribution >= 4 is 35.2 Å². The van der Waals surface area contributed by atoms with Crippen LogP contribution in [-0.2, 0) is 0 Å². The highest BCUT2D eigenvalue weighted by atomic mass is 35.5. The average molecular weight is 390 g/mol. The van der Waals surface area contributed by atoms with Crippen LogP contribution in [0.15, 0.2) is 47.5 Å². The minimum absolute atomic E-state index is 0.0996. The van der Waals surface area contributed by atoms with Crippen LogP contribution >= 0.6 is 23.2 Å². The fourth-order valence-electron chi connectivity index (χ4n) is 2.24. The van der Waals surface area contributed by atoms with Gasteiger partial charge in [-0.1, -0.05) is 23.2 Å². The van der Waals surface area contributed by atoms with Crippen LogP contribution < -0.4 is 0 Å². The van der Waals surface area contributed by atoms with Gasteiger partial charge in [0.2, 0.25) is 5.78 Å². The Morgan fingerprint density at radius 1 is 1.12 bits per heavy atom. The maximum absolute atomic E-state index is 12.2. The van der Waals surface area contributed by atoms with Gasteiger partial charge in [-0.3, -0.25) is 14.9 Å². The number of carbonyl (C=O) groups excluding carboxylic acids is 1. The molecule has 3 N–H and O–H groups in total. The molecule has 0 aliphatic rings. The van der Waals surface area contributed by atoms with E-state index < -0.39 is 0 Å². The number of H-pyrrole nitrogens is 1. The molecule has 0 radical (unpaired) electrons. The van der Waals surface area contributed by atoms with Crippen molar-refractivity contribution in [1.82, 2.24) is 10.2 Å². The van der Waals surface area contributed by atoms with Crippen molar-refractivity contribution < 1.29 is 15.0 Å². The molecule has 0 unspecified atom stereocenters. The zero-order valence-corrected chi connectivity index (χ0v) is 14.8. The summed E-state index contributed by atoms with van der Waals surface area (Å²) in [4.78, 5) is 16.3.